The minimum absolute atomic E-state index is 0.0727. The number of aryl methyl sites for hydroxylation is 1. The van der Waals surface area contributed by atoms with Crippen molar-refractivity contribution in [3.8, 4) is 5.75 Å². The second-order valence-electron chi connectivity index (χ2n) is 8.68. The molecule has 1 aromatic heterocycles. The molecule has 3 amide bonds. The standard InChI is InChI=1S/C30H28N4O4S2/c1-19-18-39-30(31-19)34-27(35)20(2)40-25-11-7-10-23(17-25)32-29(37)26(16-21-12-14-24(38-3)15-13-21)33-28(36)22-8-5-4-6-9-22/h4-18,20H,1-3H3,(H,32,37)(H,33,36)(H,31,34,35)/b26-16+. The summed E-state index contributed by atoms with van der Waals surface area (Å²) in [6, 6.07) is 23.0. The van der Waals surface area contributed by atoms with Gasteiger partial charge in [0.25, 0.3) is 11.8 Å². The van der Waals surface area contributed by atoms with E-state index in [4.69, 9.17) is 4.74 Å². The summed E-state index contributed by atoms with van der Waals surface area (Å²) in [5.41, 5.74) is 2.58. The molecule has 0 saturated heterocycles. The zero-order valence-corrected chi connectivity index (χ0v) is 23.8. The molecule has 0 fully saturated rings. The van der Waals surface area contributed by atoms with Crippen LogP contribution in [0.15, 0.2) is 94.8 Å². The van der Waals surface area contributed by atoms with Crippen molar-refractivity contribution in [2.24, 2.45) is 0 Å². The van der Waals surface area contributed by atoms with Gasteiger partial charge in [-0.15, -0.1) is 23.1 Å². The van der Waals surface area contributed by atoms with Crippen molar-refractivity contribution < 1.29 is 19.1 Å². The molecule has 0 saturated carbocycles. The molecule has 3 N–H and O–H groups in total. The predicted octanol–water partition coefficient (Wildman–Crippen LogP) is 5.99. The number of methoxy groups -OCH3 is 1. The SMILES string of the molecule is COc1ccc(/C=C(/NC(=O)c2ccccc2)C(=O)Nc2cccc(SC(C)C(=O)Nc3nc(C)cs3)c2)cc1. The van der Waals surface area contributed by atoms with Gasteiger partial charge in [-0.25, -0.2) is 4.98 Å². The maximum atomic E-state index is 13.4. The van der Waals surface area contributed by atoms with Gasteiger partial charge in [-0.2, -0.15) is 0 Å². The van der Waals surface area contributed by atoms with Gasteiger partial charge < -0.3 is 20.7 Å². The van der Waals surface area contributed by atoms with Crippen LogP contribution in [-0.4, -0.2) is 35.1 Å². The number of anilines is 2. The molecule has 1 unspecified atom stereocenters. The van der Waals surface area contributed by atoms with Gasteiger partial charge in [-0.3, -0.25) is 14.4 Å². The molecular formula is C30H28N4O4S2. The van der Waals surface area contributed by atoms with Gasteiger partial charge in [0.05, 0.1) is 18.1 Å². The number of carbonyl (C=O) groups is 3. The molecule has 3 aromatic carbocycles. The van der Waals surface area contributed by atoms with Gasteiger partial charge in [0.15, 0.2) is 5.13 Å². The Balaban J connectivity index is 1.48. The molecule has 40 heavy (non-hydrogen) atoms. The fourth-order valence-corrected chi connectivity index (χ4v) is 5.15. The summed E-state index contributed by atoms with van der Waals surface area (Å²) in [7, 11) is 1.57. The Hall–Kier alpha value is -4.41. The first-order valence-electron chi connectivity index (χ1n) is 12.3. The maximum absolute atomic E-state index is 13.4. The van der Waals surface area contributed by atoms with Crippen LogP contribution in [0, 0.1) is 6.92 Å². The van der Waals surface area contributed by atoms with Crippen LogP contribution in [0.5, 0.6) is 5.75 Å². The molecule has 0 aliphatic rings. The number of nitrogens with zero attached hydrogens (tertiary/aromatic N) is 1. The summed E-state index contributed by atoms with van der Waals surface area (Å²) in [6.07, 6.45) is 1.60. The van der Waals surface area contributed by atoms with Crippen LogP contribution >= 0.6 is 23.1 Å². The average Bonchev–Trinajstić information content (AvgIpc) is 3.37. The van der Waals surface area contributed by atoms with Crippen LogP contribution in [0.3, 0.4) is 0 Å². The van der Waals surface area contributed by atoms with Crippen LogP contribution in [0.4, 0.5) is 10.8 Å². The number of hydrogen-bond donors (Lipinski definition) is 3. The fourth-order valence-electron chi connectivity index (χ4n) is 3.53. The van der Waals surface area contributed by atoms with E-state index in [-0.39, 0.29) is 11.6 Å². The normalized spacial score (nSPS) is 11.8. The number of nitrogens with one attached hydrogen (secondary N) is 3. The molecule has 4 rings (SSSR count). The van der Waals surface area contributed by atoms with E-state index in [9.17, 15) is 14.4 Å². The van der Waals surface area contributed by atoms with E-state index in [2.05, 4.69) is 20.9 Å². The molecule has 0 aliphatic heterocycles. The Morgan fingerprint density at radius 2 is 1.73 bits per heavy atom. The van der Waals surface area contributed by atoms with E-state index in [1.54, 1.807) is 86.8 Å². The van der Waals surface area contributed by atoms with Crippen LogP contribution in [0.2, 0.25) is 0 Å². The highest BCUT2D eigenvalue weighted by atomic mass is 32.2. The number of hydrogen-bond acceptors (Lipinski definition) is 7. The highest BCUT2D eigenvalue weighted by Gasteiger charge is 2.18. The third-order valence-electron chi connectivity index (χ3n) is 5.58. The highest BCUT2D eigenvalue weighted by molar-refractivity contribution is 8.00. The smallest absolute Gasteiger partial charge is 0.272 e. The van der Waals surface area contributed by atoms with Crippen LogP contribution in [-0.2, 0) is 9.59 Å². The van der Waals surface area contributed by atoms with Crippen molar-refractivity contribution in [3.05, 3.63) is 107 Å². The third-order valence-corrected chi connectivity index (χ3v) is 7.55. The summed E-state index contributed by atoms with van der Waals surface area (Å²) >= 11 is 2.74. The van der Waals surface area contributed by atoms with E-state index in [1.165, 1.54) is 23.1 Å². The van der Waals surface area contributed by atoms with Gasteiger partial charge in [0, 0.05) is 21.5 Å². The number of ether oxygens (including phenoxy) is 1. The minimum Gasteiger partial charge on any atom is -0.497 e. The molecule has 0 radical (unpaired) electrons. The fraction of sp³-hybridized carbons (Fsp3) is 0.133. The van der Waals surface area contributed by atoms with Gasteiger partial charge in [-0.05, 0) is 68.0 Å². The topological polar surface area (TPSA) is 109 Å². The predicted molar refractivity (Wildman–Crippen MR) is 161 cm³/mol. The molecule has 204 valence electrons. The Kier molecular flexibility index (Phi) is 9.71. The molecule has 0 spiro atoms. The Bertz CT molecular complexity index is 1520. The molecule has 0 bridgehead atoms. The summed E-state index contributed by atoms with van der Waals surface area (Å²) in [5.74, 6) is -0.389. The lowest BCUT2D eigenvalue weighted by atomic mass is 10.1. The molecule has 1 atom stereocenters. The van der Waals surface area contributed by atoms with Crippen molar-refractivity contribution in [2.75, 3.05) is 17.7 Å². The van der Waals surface area contributed by atoms with E-state index >= 15 is 0 Å². The number of carbonyl (C=O) groups excluding carboxylic acids is 3. The highest BCUT2D eigenvalue weighted by Crippen LogP contribution is 2.27. The summed E-state index contributed by atoms with van der Waals surface area (Å²) < 4.78 is 5.21. The largest absolute Gasteiger partial charge is 0.497 e. The Morgan fingerprint density at radius 3 is 2.40 bits per heavy atom. The summed E-state index contributed by atoms with van der Waals surface area (Å²) in [4.78, 5) is 43.9. The minimum atomic E-state index is -0.493. The second kappa shape index (κ2) is 13.6. The Morgan fingerprint density at radius 1 is 0.975 bits per heavy atom. The lowest BCUT2D eigenvalue weighted by molar-refractivity contribution is -0.115. The van der Waals surface area contributed by atoms with Gasteiger partial charge >= 0.3 is 0 Å². The Labute approximate surface area is 240 Å². The van der Waals surface area contributed by atoms with Gasteiger partial charge in [0.2, 0.25) is 5.91 Å². The molecule has 10 heteroatoms. The molecule has 0 aliphatic carbocycles. The number of rotatable bonds is 10. The van der Waals surface area contributed by atoms with Crippen molar-refractivity contribution in [2.45, 2.75) is 24.0 Å². The third kappa shape index (κ3) is 8.05. The van der Waals surface area contributed by atoms with Crippen molar-refractivity contribution in [1.29, 1.82) is 0 Å². The lowest BCUT2D eigenvalue weighted by Gasteiger charge is -2.14. The number of thioether (sulfide) groups is 1. The number of benzene rings is 3. The first-order valence-corrected chi connectivity index (χ1v) is 14.1. The number of aromatic nitrogens is 1. The first-order chi connectivity index (χ1) is 19.3. The van der Waals surface area contributed by atoms with Crippen molar-refractivity contribution >= 4 is 57.7 Å². The monoisotopic (exact) mass is 572 g/mol. The van der Waals surface area contributed by atoms with E-state index < -0.39 is 17.1 Å². The lowest BCUT2D eigenvalue weighted by Crippen LogP contribution is -2.30. The first kappa shape index (κ1) is 28.6. The average molecular weight is 573 g/mol. The molecule has 1 heterocycles. The van der Waals surface area contributed by atoms with Crippen molar-refractivity contribution in [1.82, 2.24) is 10.3 Å². The van der Waals surface area contributed by atoms with Gasteiger partial charge in [0.1, 0.15) is 11.4 Å². The molecule has 8 nitrogen and oxygen atoms in total. The van der Waals surface area contributed by atoms with E-state index in [0.717, 1.165) is 10.6 Å². The second-order valence-corrected chi connectivity index (χ2v) is 10.9. The zero-order chi connectivity index (χ0) is 28.5. The van der Waals surface area contributed by atoms with E-state index in [0.29, 0.717) is 27.7 Å². The van der Waals surface area contributed by atoms with Crippen LogP contribution in [0.1, 0.15) is 28.5 Å². The van der Waals surface area contributed by atoms with E-state index in [1.807, 2.05) is 24.4 Å². The van der Waals surface area contributed by atoms with Crippen LogP contribution in [0.25, 0.3) is 6.08 Å². The maximum Gasteiger partial charge on any atom is 0.272 e. The van der Waals surface area contributed by atoms with Crippen LogP contribution < -0.4 is 20.7 Å². The van der Waals surface area contributed by atoms with Gasteiger partial charge in [-0.1, -0.05) is 36.4 Å². The number of thiazole rings is 1. The number of amides is 3. The quantitative estimate of drug-likeness (QED) is 0.159. The van der Waals surface area contributed by atoms with Crippen molar-refractivity contribution in [3.63, 3.8) is 0 Å². The summed E-state index contributed by atoms with van der Waals surface area (Å²) in [5, 5.41) is 10.5. The molecule has 4 aromatic rings. The summed E-state index contributed by atoms with van der Waals surface area (Å²) in [6.45, 7) is 3.68. The zero-order valence-electron chi connectivity index (χ0n) is 22.1. The molecular weight excluding hydrogens is 544 g/mol.